The minimum Gasteiger partial charge on any atom is -0.346 e. The number of carbonyl (C=O) groups is 1. The Labute approximate surface area is 120 Å². The van der Waals surface area contributed by atoms with E-state index in [0.717, 1.165) is 5.69 Å². The van der Waals surface area contributed by atoms with E-state index in [1.807, 2.05) is 11.4 Å². The lowest BCUT2D eigenvalue weighted by atomic mass is 10.2. The Bertz CT molecular complexity index is 607. The molecule has 0 atom stereocenters. The summed E-state index contributed by atoms with van der Waals surface area (Å²) >= 11 is 7.66. The average Bonchev–Trinajstić information content (AvgIpc) is 3.16. The molecule has 0 radical (unpaired) electrons. The van der Waals surface area contributed by atoms with Gasteiger partial charge in [0.25, 0.3) is 5.91 Å². The van der Waals surface area contributed by atoms with E-state index in [4.69, 9.17) is 11.6 Å². The summed E-state index contributed by atoms with van der Waals surface area (Å²) < 4.78 is 0. The van der Waals surface area contributed by atoms with E-state index in [2.05, 4.69) is 10.3 Å². The predicted octanol–water partition coefficient (Wildman–Crippen LogP) is 3.60. The SMILES string of the molecule is O=C(NCc1csc(C2CC2)n1)c1ccccc1Cl. The van der Waals surface area contributed by atoms with E-state index in [1.165, 1.54) is 17.8 Å². The molecular weight excluding hydrogens is 280 g/mol. The van der Waals surface area contributed by atoms with Gasteiger partial charge in [0.15, 0.2) is 0 Å². The number of nitrogens with one attached hydrogen (secondary N) is 1. The van der Waals surface area contributed by atoms with E-state index >= 15 is 0 Å². The molecule has 3 nitrogen and oxygen atoms in total. The molecule has 1 saturated carbocycles. The first-order valence-corrected chi connectivity index (χ1v) is 7.47. The normalized spacial score (nSPS) is 14.4. The summed E-state index contributed by atoms with van der Waals surface area (Å²) in [4.78, 5) is 16.5. The van der Waals surface area contributed by atoms with Gasteiger partial charge in [-0.15, -0.1) is 11.3 Å². The summed E-state index contributed by atoms with van der Waals surface area (Å²) in [7, 11) is 0. The standard InChI is InChI=1S/C14H13ClN2OS/c15-12-4-2-1-3-11(12)13(18)16-7-10-8-19-14(17-10)9-5-6-9/h1-4,8-9H,5-7H2,(H,16,18). The highest BCUT2D eigenvalue weighted by Gasteiger charge is 2.26. The fraction of sp³-hybridized carbons (Fsp3) is 0.286. The molecule has 1 amide bonds. The molecule has 0 bridgehead atoms. The number of benzene rings is 1. The van der Waals surface area contributed by atoms with Crippen LogP contribution in [0.4, 0.5) is 0 Å². The maximum Gasteiger partial charge on any atom is 0.253 e. The van der Waals surface area contributed by atoms with Gasteiger partial charge in [0.1, 0.15) is 0 Å². The van der Waals surface area contributed by atoms with Gasteiger partial charge in [0.2, 0.25) is 0 Å². The third-order valence-corrected chi connectivity index (χ3v) is 4.43. The maximum absolute atomic E-state index is 12.0. The third-order valence-electron chi connectivity index (χ3n) is 3.04. The van der Waals surface area contributed by atoms with Crippen LogP contribution in [0, 0.1) is 0 Å². The highest BCUT2D eigenvalue weighted by Crippen LogP contribution is 2.41. The first-order chi connectivity index (χ1) is 9.24. The van der Waals surface area contributed by atoms with E-state index in [-0.39, 0.29) is 5.91 Å². The first-order valence-electron chi connectivity index (χ1n) is 6.21. The molecule has 1 fully saturated rings. The van der Waals surface area contributed by atoms with Gasteiger partial charge in [0, 0.05) is 11.3 Å². The Kier molecular flexibility index (Phi) is 3.53. The molecule has 0 unspecified atom stereocenters. The van der Waals surface area contributed by atoms with Crippen LogP contribution < -0.4 is 5.32 Å². The van der Waals surface area contributed by atoms with Gasteiger partial charge in [-0.3, -0.25) is 4.79 Å². The minimum atomic E-state index is -0.161. The molecule has 2 aromatic rings. The summed E-state index contributed by atoms with van der Waals surface area (Å²) in [6.07, 6.45) is 2.50. The van der Waals surface area contributed by atoms with Crippen LogP contribution in [-0.4, -0.2) is 10.9 Å². The summed E-state index contributed by atoms with van der Waals surface area (Å²) in [5, 5.41) is 6.53. The number of thiazole rings is 1. The van der Waals surface area contributed by atoms with Crippen LogP contribution in [0.1, 0.15) is 39.8 Å². The molecule has 19 heavy (non-hydrogen) atoms. The van der Waals surface area contributed by atoms with Crippen molar-refractivity contribution < 1.29 is 4.79 Å². The Morgan fingerprint density at radius 1 is 1.42 bits per heavy atom. The first kappa shape index (κ1) is 12.6. The van der Waals surface area contributed by atoms with Crippen molar-refractivity contribution in [1.82, 2.24) is 10.3 Å². The fourth-order valence-electron chi connectivity index (χ4n) is 1.83. The summed E-state index contributed by atoms with van der Waals surface area (Å²) in [6.45, 7) is 0.452. The number of rotatable bonds is 4. The molecule has 3 rings (SSSR count). The van der Waals surface area contributed by atoms with Gasteiger partial charge in [-0.25, -0.2) is 4.98 Å². The predicted molar refractivity (Wildman–Crippen MR) is 76.7 cm³/mol. The number of hydrogen-bond donors (Lipinski definition) is 1. The zero-order valence-electron chi connectivity index (χ0n) is 10.2. The van der Waals surface area contributed by atoms with Gasteiger partial charge < -0.3 is 5.32 Å². The largest absolute Gasteiger partial charge is 0.346 e. The molecule has 1 N–H and O–H groups in total. The summed E-state index contributed by atoms with van der Waals surface area (Å²) in [5.41, 5.74) is 1.43. The zero-order valence-corrected chi connectivity index (χ0v) is 11.8. The van der Waals surface area contributed by atoms with Crippen LogP contribution in [0.5, 0.6) is 0 Å². The van der Waals surface area contributed by atoms with E-state index in [1.54, 1.807) is 29.5 Å². The number of aromatic nitrogens is 1. The highest BCUT2D eigenvalue weighted by molar-refractivity contribution is 7.09. The van der Waals surface area contributed by atoms with Crippen molar-refractivity contribution in [3.8, 4) is 0 Å². The number of carbonyl (C=O) groups excluding carboxylic acids is 1. The number of nitrogens with zero attached hydrogens (tertiary/aromatic N) is 1. The van der Waals surface area contributed by atoms with Crippen LogP contribution in [-0.2, 0) is 6.54 Å². The number of amides is 1. The second kappa shape index (κ2) is 5.31. The topological polar surface area (TPSA) is 42.0 Å². The average molecular weight is 293 g/mol. The molecule has 5 heteroatoms. The smallest absolute Gasteiger partial charge is 0.253 e. The van der Waals surface area contributed by atoms with Crippen molar-refractivity contribution in [1.29, 1.82) is 0 Å². The summed E-state index contributed by atoms with van der Waals surface area (Å²) in [6, 6.07) is 7.04. The Hall–Kier alpha value is -1.39. The molecule has 0 aliphatic heterocycles. The lowest BCUT2D eigenvalue weighted by molar-refractivity contribution is 0.0950. The second-order valence-electron chi connectivity index (χ2n) is 4.61. The number of hydrogen-bond acceptors (Lipinski definition) is 3. The van der Waals surface area contributed by atoms with E-state index < -0.39 is 0 Å². The molecule has 0 spiro atoms. The lowest BCUT2D eigenvalue weighted by Gasteiger charge is -2.04. The molecule has 98 valence electrons. The van der Waals surface area contributed by atoms with Gasteiger partial charge in [-0.1, -0.05) is 23.7 Å². The minimum absolute atomic E-state index is 0.161. The Balaban J connectivity index is 1.62. The maximum atomic E-state index is 12.0. The number of halogens is 1. The second-order valence-corrected chi connectivity index (χ2v) is 5.91. The Morgan fingerprint density at radius 2 is 2.21 bits per heavy atom. The van der Waals surface area contributed by atoms with Crippen molar-refractivity contribution in [2.75, 3.05) is 0 Å². The molecule has 1 aromatic carbocycles. The zero-order chi connectivity index (χ0) is 13.2. The van der Waals surface area contributed by atoms with Crippen LogP contribution in [0.15, 0.2) is 29.6 Å². The fourth-order valence-corrected chi connectivity index (χ4v) is 3.05. The van der Waals surface area contributed by atoms with Crippen LogP contribution in [0.2, 0.25) is 5.02 Å². The molecule has 1 aromatic heterocycles. The van der Waals surface area contributed by atoms with Crippen molar-refractivity contribution in [3.05, 3.63) is 50.9 Å². The van der Waals surface area contributed by atoms with Crippen LogP contribution in [0.3, 0.4) is 0 Å². The summed E-state index contributed by atoms with van der Waals surface area (Å²) in [5.74, 6) is 0.504. The Morgan fingerprint density at radius 3 is 2.95 bits per heavy atom. The molecule has 0 saturated heterocycles. The van der Waals surface area contributed by atoms with Gasteiger partial charge >= 0.3 is 0 Å². The lowest BCUT2D eigenvalue weighted by Crippen LogP contribution is -2.23. The van der Waals surface area contributed by atoms with Crippen molar-refractivity contribution in [2.45, 2.75) is 25.3 Å². The van der Waals surface area contributed by atoms with Crippen molar-refractivity contribution in [3.63, 3.8) is 0 Å². The third kappa shape index (κ3) is 2.96. The molecular formula is C14H13ClN2OS. The molecule has 1 aliphatic carbocycles. The van der Waals surface area contributed by atoms with E-state index in [9.17, 15) is 4.79 Å². The van der Waals surface area contributed by atoms with Gasteiger partial charge in [-0.05, 0) is 25.0 Å². The highest BCUT2D eigenvalue weighted by atomic mass is 35.5. The van der Waals surface area contributed by atoms with Gasteiger partial charge in [-0.2, -0.15) is 0 Å². The van der Waals surface area contributed by atoms with Gasteiger partial charge in [0.05, 0.1) is 27.8 Å². The monoisotopic (exact) mass is 292 g/mol. The van der Waals surface area contributed by atoms with Crippen LogP contribution >= 0.6 is 22.9 Å². The van der Waals surface area contributed by atoms with Crippen LogP contribution in [0.25, 0.3) is 0 Å². The van der Waals surface area contributed by atoms with Crippen molar-refractivity contribution in [2.24, 2.45) is 0 Å². The molecule has 1 aliphatic rings. The van der Waals surface area contributed by atoms with E-state index in [0.29, 0.717) is 23.0 Å². The molecule has 1 heterocycles. The quantitative estimate of drug-likeness (QED) is 0.935. The van der Waals surface area contributed by atoms with Crippen molar-refractivity contribution >= 4 is 28.8 Å².